The molecule has 3 rings (SSSR count). The van der Waals surface area contributed by atoms with E-state index in [2.05, 4.69) is 0 Å². The van der Waals surface area contributed by atoms with Gasteiger partial charge in [0.05, 0.1) is 6.54 Å². The van der Waals surface area contributed by atoms with Crippen LogP contribution in [-0.2, 0) is 17.8 Å². The Morgan fingerprint density at radius 1 is 1.33 bits per heavy atom. The van der Waals surface area contributed by atoms with Gasteiger partial charge in [-0.15, -0.1) is 11.3 Å². The van der Waals surface area contributed by atoms with Crippen molar-refractivity contribution in [3.05, 3.63) is 52.2 Å². The first-order chi connectivity index (χ1) is 8.75. The molecule has 1 aromatic heterocycles. The minimum absolute atomic E-state index is 0.440. The number of benzene rings is 1. The lowest BCUT2D eigenvalue weighted by atomic mass is 10.1. The van der Waals surface area contributed by atoms with E-state index in [0.717, 1.165) is 11.3 Å². The van der Waals surface area contributed by atoms with E-state index in [1.165, 1.54) is 4.88 Å². The third-order valence-corrected chi connectivity index (χ3v) is 4.14. The quantitative estimate of drug-likeness (QED) is 0.921. The van der Waals surface area contributed by atoms with Crippen molar-refractivity contribution in [2.24, 2.45) is 0 Å². The number of aliphatic carboxylic acids is 1. The third-order valence-electron chi connectivity index (χ3n) is 3.28. The Balaban J connectivity index is 1.95. The first-order valence-corrected chi connectivity index (χ1v) is 6.73. The molecule has 1 aliphatic heterocycles. The van der Waals surface area contributed by atoms with Crippen LogP contribution in [0.3, 0.4) is 0 Å². The third kappa shape index (κ3) is 1.88. The zero-order valence-corrected chi connectivity index (χ0v) is 10.6. The molecule has 0 radical (unpaired) electrons. The van der Waals surface area contributed by atoms with Crippen molar-refractivity contribution in [3.63, 3.8) is 0 Å². The molecule has 2 aromatic rings. The van der Waals surface area contributed by atoms with Crippen molar-refractivity contribution >= 4 is 23.0 Å². The molecule has 1 N–H and O–H groups in total. The molecule has 0 saturated heterocycles. The fraction of sp³-hybridized carbons (Fsp3) is 0.214. The van der Waals surface area contributed by atoms with Gasteiger partial charge in [-0.3, -0.25) is 0 Å². The highest BCUT2D eigenvalue weighted by molar-refractivity contribution is 7.09. The number of para-hydroxylation sites is 1. The Morgan fingerprint density at radius 2 is 2.17 bits per heavy atom. The molecule has 2 heterocycles. The van der Waals surface area contributed by atoms with Gasteiger partial charge in [-0.25, -0.2) is 4.79 Å². The Kier molecular flexibility index (Phi) is 2.80. The SMILES string of the molecule is O=C(O)C1Cc2ccccc2N1Cc1cccs1. The van der Waals surface area contributed by atoms with Crippen LogP contribution >= 0.6 is 11.3 Å². The van der Waals surface area contributed by atoms with Gasteiger partial charge in [-0.05, 0) is 23.1 Å². The molecule has 92 valence electrons. The number of hydrogen-bond acceptors (Lipinski definition) is 3. The van der Waals surface area contributed by atoms with Crippen LogP contribution in [0.1, 0.15) is 10.4 Å². The molecule has 4 heteroatoms. The van der Waals surface area contributed by atoms with Crippen molar-refractivity contribution in [2.45, 2.75) is 19.0 Å². The topological polar surface area (TPSA) is 40.5 Å². The molecule has 0 aliphatic carbocycles. The molecule has 1 aliphatic rings. The number of carbonyl (C=O) groups is 1. The Bertz CT molecular complexity index is 565. The average Bonchev–Trinajstić information content (AvgIpc) is 2.98. The number of hydrogen-bond donors (Lipinski definition) is 1. The molecule has 0 fully saturated rings. The molecule has 0 amide bonds. The molecule has 1 atom stereocenters. The number of carboxylic acids is 1. The summed E-state index contributed by atoms with van der Waals surface area (Å²) in [6, 6.07) is 11.6. The lowest BCUT2D eigenvalue weighted by molar-refractivity contribution is -0.138. The minimum Gasteiger partial charge on any atom is -0.480 e. The van der Waals surface area contributed by atoms with Crippen LogP contribution < -0.4 is 4.90 Å². The summed E-state index contributed by atoms with van der Waals surface area (Å²) >= 11 is 1.66. The van der Waals surface area contributed by atoms with E-state index >= 15 is 0 Å². The van der Waals surface area contributed by atoms with E-state index in [1.54, 1.807) is 11.3 Å². The predicted octanol–water partition coefficient (Wildman–Crippen LogP) is 2.76. The summed E-state index contributed by atoms with van der Waals surface area (Å²) in [5, 5.41) is 11.4. The van der Waals surface area contributed by atoms with Gasteiger partial charge in [0, 0.05) is 17.0 Å². The molecule has 0 bridgehead atoms. The normalized spacial score (nSPS) is 17.8. The predicted molar refractivity (Wildman–Crippen MR) is 72.1 cm³/mol. The second kappa shape index (κ2) is 4.46. The number of thiophene rings is 1. The number of nitrogens with zero attached hydrogens (tertiary/aromatic N) is 1. The van der Waals surface area contributed by atoms with Gasteiger partial charge in [0.15, 0.2) is 0 Å². The van der Waals surface area contributed by atoms with Crippen LogP contribution in [0.25, 0.3) is 0 Å². The van der Waals surface area contributed by atoms with Gasteiger partial charge in [0.25, 0.3) is 0 Å². The molecule has 0 spiro atoms. The van der Waals surface area contributed by atoms with Crippen molar-refractivity contribution in [1.82, 2.24) is 0 Å². The lowest BCUT2D eigenvalue weighted by Gasteiger charge is -2.24. The Hall–Kier alpha value is -1.81. The van der Waals surface area contributed by atoms with Crippen LogP contribution in [0.5, 0.6) is 0 Å². The van der Waals surface area contributed by atoms with Crippen molar-refractivity contribution in [1.29, 1.82) is 0 Å². The van der Waals surface area contributed by atoms with Gasteiger partial charge in [0.2, 0.25) is 0 Å². The van der Waals surface area contributed by atoms with Crippen LogP contribution in [0.15, 0.2) is 41.8 Å². The lowest BCUT2D eigenvalue weighted by Crippen LogP contribution is -2.37. The zero-order chi connectivity index (χ0) is 12.5. The van der Waals surface area contributed by atoms with Crippen molar-refractivity contribution < 1.29 is 9.90 Å². The maximum Gasteiger partial charge on any atom is 0.326 e. The minimum atomic E-state index is -0.747. The van der Waals surface area contributed by atoms with Crippen molar-refractivity contribution in [3.8, 4) is 0 Å². The van der Waals surface area contributed by atoms with Gasteiger partial charge >= 0.3 is 5.97 Å². The van der Waals surface area contributed by atoms with Crippen LogP contribution in [0, 0.1) is 0 Å². The van der Waals surface area contributed by atoms with E-state index in [0.29, 0.717) is 13.0 Å². The molecular formula is C14H13NO2S. The summed E-state index contributed by atoms with van der Waals surface area (Å²) in [4.78, 5) is 14.6. The summed E-state index contributed by atoms with van der Waals surface area (Å²) in [7, 11) is 0. The first kappa shape index (κ1) is 11.3. The molecule has 18 heavy (non-hydrogen) atoms. The van der Waals surface area contributed by atoms with E-state index in [4.69, 9.17) is 0 Å². The van der Waals surface area contributed by atoms with Crippen LogP contribution in [-0.4, -0.2) is 17.1 Å². The Morgan fingerprint density at radius 3 is 2.89 bits per heavy atom. The van der Waals surface area contributed by atoms with E-state index in [-0.39, 0.29) is 0 Å². The van der Waals surface area contributed by atoms with Crippen molar-refractivity contribution in [2.75, 3.05) is 4.90 Å². The molecule has 3 nitrogen and oxygen atoms in total. The average molecular weight is 259 g/mol. The summed E-state index contributed by atoms with van der Waals surface area (Å²) in [5.41, 5.74) is 2.18. The molecule has 0 saturated carbocycles. The maximum atomic E-state index is 11.4. The fourth-order valence-electron chi connectivity index (χ4n) is 2.44. The van der Waals surface area contributed by atoms with Gasteiger partial charge < -0.3 is 10.0 Å². The highest BCUT2D eigenvalue weighted by Gasteiger charge is 2.34. The number of carboxylic acid groups (broad SMARTS) is 1. The Labute approximate surface area is 109 Å². The first-order valence-electron chi connectivity index (χ1n) is 5.85. The van der Waals surface area contributed by atoms with E-state index in [9.17, 15) is 9.90 Å². The second-order valence-corrected chi connectivity index (χ2v) is 5.43. The summed E-state index contributed by atoms with van der Waals surface area (Å²) in [5.74, 6) is -0.747. The monoisotopic (exact) mass is 259 g/mol. The maximum absolute atomic E-state index is 11.4. The van der Waals surface area contributed by atoms with Gasteiger partial charge in [0.1, 0.15) is 6.04 Å². The molecular weight excluding hydrogens is 246 g/mol. The smallest absolute Gasteiger partial charge is 0.326 e. The molecule has 1 aromatic carbocycles. The second-order valence-electron chi connectivity index (χ2n) is 4.39. The standard InChI is InChI=1S/C14H13NO2S/c16-14(17)13-8-10-4-1-2-6-12(10)15(13)9-11-5-3-7-18-11/h1-7,13H,8-9H2,(H,16,17). The number of anilines is 1. The fourth-order valence-corrected chi connectivity index (χ4v) is 3.14. The summed E-state index contributed by atoms with van der Waals surface area (Å²) < 4.78 is 0. The largest absolute Gasteiger partial charge is 0.480 e. The highest BCUT2D eigenvalue weighted by Crippen LogP contribution is 2.33. The number of fused-ring (bicyclic) bond motifs is 1. The van der Waals surface area contributed by atoms with Crippen LogP contribution in [0.4, 0.5) is 5.69 Å². The van der Waals surface area contributed by atoms with Crippen LogP contribution in [0.2, 0.25) is 0 Å². The summed E-state index contributed by atoms with van der Waals surface area (Å²) in [6.45, 7) is 0.672. The van der Waals surface area contributed by atoms with E-state index < -0.39 is 12.0 Å². The molecule has 1 unspecified atom stereocenters. The highest BCUT2D eigenvalue weighted by atomic mass is 32.1. The van der Waals surface area contributed by atoms with Gasteiger partial charge in [-0.1, -0.05) is 24.3 Å². The summed E-state index contributed by atoms with van der Waals surface area (Å²) in [6.07, 6.45) is 0.594. The van der Waals surface area contributed by atoms with E-state index in [1.807, 2.05) is 46.7 Å². The van der Waals surface area contributed by atoms with Gasteiger partial charge in [-0.2, -0.15) is 0 Å². The number of rotatable bonds is 3. The zero-order valence-electron chi connectivity index (χ0n) is 9.74.